The number of anilines is 1. The highest BCUT2D eigenvalue weighted by molar-refractivity contribution is 7.92. The Morgan fingerprint density at radius 1 is 0.787 bits per heavy atom. The summed E-state index contributed by atoms with van der Waals surface area (Å²) in [6.45, 7) is 5.73. The van der Waals surface area contributed by atoms with Crippen molar-refractivity contribution in [1.29, 1.82) is 0 Å². The largest absolute Gasteiger partial charge is 0.507 e. The van der Waals surface area contributed by atoms with Crippen molar-refractivity contribution in [1.82, 2.24) is 0 Å². The number of hydrogen-bond donors (Lipinski definition) is 2. The van der Waals surface area contributed by atoms with Crippen LogP contribution >= 0.6 is 0 Å². The monoisotopic (exact) mass is 869 g/mol. The van der Waals surface area contributed by atoms with Crippen LogP contribution in [0.4, 0.5) is 10.1 Å². The molecule has 2 N–H and O–H groups in total. The van der Waals surface area contributed by atoms with Crippen LogP contribution in [-0.4, -0.2) is 122 Å². The molecule has 0 aliphatic heterocycles. The molecule has 5 rings (SSSR count). The van der Waals surface area contributed by atoms with Crippen LogP contribution < -0.4 is 4.31 Å². The third-order valence-corrected chi connectivity index (χ3v) is 10.7. The minimum atomic E-state index is -3.73. The Labute approximate surface area is 354 Å². The van der Waals surface area contributed by atoms with Crippen LogP contribution in [0, 0.1) is 5.82 Å². The van der Waals surface area contributed by atoms with Crippen LogP contribution in [-0.2, 0) is 54.6 Å². The predicted molar refractivity (Wildman–Crippen MR) is 224 cm³/mol. The minimum Gasteiger partial charge on any atom is -0.507 e. The predicted octanol–water partition coefficient (Wildman–Crippen LogP) is 6.33. The number of ether oxygens (including phenoxy) is 6. The molecule has 0 radical (unpaired) electrons. The van der Waals surface area contributed by atoms with Crippen LogP contribution in [0.5, 0.6) is 0 Å². The summed E-state index contributed by atoms with van der Waals surface area (Å²) in [6, 6.07) is 15.8. The molecule has 1 fully saturated rings. The summed E-state index contributed by atoms with van der Waals surface area (Å²) in [6.07, 6.45) is 3.84. The van der Waals surface area contributed by atoms with E-state index in [9.17, 15) is 32.3 Å². The van der Waals surface area contributed by atoms with Gasteiger partial charge in [0.05, 0.1) is 103 Å². The molecule has 0 bridgehead atoms. The molecule has 1 aromatic heterocycles. The van der Waals surface area contributed by atoms with Crippen LogP contribution in [0.2, 0.25) is 0 Å². The van der Waals surface area contributed by atoms with E-state index in [4.69, 9.17) is 37.9 Å². The van der Waals surface area contributed by atoms with Gasteiger partial charge in [0.15, 0.2) is 5.78 Å². The van der Waals surface area contributed by atoms with Gasteiger partial charge in [-0.05, 0) is 60.2 Å². The van der Waals surface area contributed by atoms with Gasteiger partial charge in [0, 0.05) is 35.1 Å². The van der Waals surface area contributed by atoms with Crippen LogP contribution in [0.25, 0.3) is 28.1 Å². The molecule has 1 aliphatic rings. The lowest BCUT2D eigenvalue weighted by atomic mass is 9.97. The molecule has 330 valence electrons. The summed E-state index contributed by atoms with van der Waals surface area (Å²) in [5.74, 6) is -3.35. The summed E-state index contributed by atoms with van der Waals surface area (Å²) in [4.78, 5) is 35.0. The lowest BCUT2D eigenvalue weighted by Crippen LogP contribution is -2.34. The third kappa shape index (κ3) is 14.3. The normalized spacial score (nSPS) is 13.2. The number of carbonyl (C=O) groups is 3. The highest BCUT2D eigenvalue weighted by Crippen LogP contribution is 2.48. The Hall–Kier alpha value is -5.01. The molecular formula is C44H52FNO14S. The number of aliphatic carboxylic acids is 1. The molecule has 0 unspecified atom stereocenters. The SMILES string of the molecule is CCC(=O)c1c(-c2ccc(F)cc2)oc2cc(N(CCOCCOCCOCCOCCOCCOCc3ccc(C(O)=CC(=O)C(=O)O)cc3)S(C)(=O)=O)c(C3CC3)cc12. The lowest BCUT2D eigenvalue weighted by Gasteiger charge is -2.25. The van der Waals surface area contributed by atoms with Crippen LogP contribution in [0.15, 0.2) is 71.2 Å². The van der Waals surface area contributed by atoms with Gasteiger partial charge >= 0.3 is 5.97 Å². The maximum absolute atomic E-state index is 13.7. The van der Waals surface area contributed by atoms with E-state index in [1.165, 1.54) is 16.4 Å². The van der Waals surface area contributed by atoms with Gasteiger partial charge < -0.3 is 43.1 Å². The van der Waals surface area contributed by atoms with E-state index in [0.717, 1.165) is 30.2 Å². The minimum absolute atomic E-state index is 0.0614. The summed E-state index contributed by atoms with van der Waals surface area (Å²) in [5, 5.41) is 19.1. The number of nitrogens with zero attached hydrogens (tertiary/aromatic N) is 1. The number of halogens is 1. The average Bonchev–Trinajstić information content (AvgIpc) is 4.02. The Morgan fingerprint density at radius 2 is 1.33 bits per heavy atom. The molecule has 1 aliphatic carbocycles. The first-order valence-electron chi connectivity index (χ1n) is 20.0. The van der Waals surface area contributed by atoms with Crippen molar-refractivity contribution in [3.05, 3.63) is 94.8 Å². The summed E-state index contributed by atoms with van der Waals surface area (Å²) in [7, 11) is -3.73. The second kappa shape index (κ2) is 23.3. The van der Waals surface area contributed by atoms with E-state index < -0.39 is 33.4 Å². The average molecular weight is 870 g/mol. The van der Waals surface area contributed by atoms with E-state index in [1.54, 1.807) is 49.4 Å². The molecule has 17 heteroatoms. The second-order valence-electron chi connectivity index (χ2n) is 14.1. The topological polar surface area (TPSA) is 198 Å². The Morgan fingerprint density at radius 3 is 1.84 bits per heavy atom. The quantitative estimate of drug-likeness (QED) is 0.0202. The number of carbonyl (C=O) groups excluding carboxylic acids is 2. The summed E-state index contributed by atoms with van der Waals surface area (Å²) in [5.41, 5.74) is 3.78. The van der Waals surface area contributed by atoms with Crippen molar-refractivity contribution >= 4 is 50.0 Å². The third-order valence-electron chi connectivity index (χ3n) is 9.53. The molecule has 0 amide bonds. The maximum Gasteiger partial charge on any atom is 0.376 e. The molecule has 4 aromatic rings. The van der Waals surface area contributed by atoms with E-state index >= 15 is 0 Å². The first-order valence-corrected chi connectivity index (χ1v) is 21.8. The zero-order chi connectivity index (χ0) is 43.8. The smallest absolute Gasteiger partial charge is 0.376 e. The molecule has 0 spiro atoms. The zero-order valence-electron chi connectivity index (χ0n) is 34.3. The highest BCUT2D eigenvalue weighted by Gasteiger charge is 2.33. The van der Waals surface area contributed by atoms with Crippen LogP contribution in [0.3, 0.4) is 0 Å². The number of sulfonamides is 1. The fraction of sp³-hybridized carbons (Fsp3) is 0.432. The number of furan rings is 1. The van der Waals surface area contributed by atoms with Gasteiger partial charge in [-0.15, -0.1) is 0 Å². The molecule has 1 saturated carbocycles. The summed E-state index contributed by atoms with van der Waals surface area (Å²) >= 11 is 0. The van der Waals surface area contributed by atoms with Crippen molar-refractivity contribution in [2.45, 2.75) is 38.7 Å². The highest BCUT2D eigenvalue weighted by atomic mass is 32.2. The molecular weight excluding hydrogens is 818 g/mol. The van der Waals surface area contributed by atoms with Gasteiger partial charge in [-0.1, -0.05) is 31.2 Å². The zero-order valence-corrected chi connectivity index (χ0v) is 35.1. The number of hydrogen-bond acceptors (Lipinski definition) is 13. The molecule has 0 atom stereocenters. The van der Waals surface area contributed by atoms with Gasteiger partial charge in [-0.25, -0.2) is 17.6 Å². The van der Waals surface area contributed by atoms with Gasteiger partial charge in [0.1, 0.15) is 22.9 Å². The first-order chi connectivity index (χ1) is 29.4. The maximum atomic E-state index is 13.7. The van der Waals surface area contributed by atoms with Gasteiger partial charge in [0.2, 0.25) is 10.0 Å². The number of aliphatic hydroxyl groups is 1. The number of aliphatic hydroxyl groups excluding tert-OH is 1. The number of benzene rings is 3. The number of carboxylic acid groups (broad SMARTS) is 1. The number of Topliss-reactive ketones (excluding diaryl/α,β-unsaturated/α-hetero) is 1. The second-order valence-corrected chi connectivity index (χ2v) is 16.0. The van der Waals surface area contributed by atoms with Crippen molar-refractivity contribution < 1.29 is 70.2 Å². The van der Waals surface area contributed by atoms with E-state index in [1.807, 2.05) is 6.07 Å². The van der Waals surface area contributed by atoms with Crippen molar-refractivity contribution in [3.63, 3.8) is 0 Å². The van der Waals surface area contributed by atoms with Gasteiger partial charge in [-0.2, -0.15) is 0 Å². The van der Waals surface area contributed by atoms with Crippen molar-refractivity contribution in [2.75, 3.05) is 89.8 Å². The Kier molecular flexibility index (Phi) is 17.9. The van der Waals surface area contributed by atoms with Gasteiger partial charge in [-0.3, -0.25) is 13.9 Å². The van der Waals surface area contributed by atoms with E-state index in [-0.39, 0.29) is 37.9 Å². The molecule has 0 saturated heterocycles. The Bertz CT molecular complexity index is 2220. The van der Waals surface area contributed by atoms with E-state index in [0.29, 0.717) is 111 Å². The summed E-state index contributed by atoms with van der Waals surface area (Å²) < 4.78 is 80.9. The molecule has 3 aromatic carbocycles. The number of rotatable bonds is 29. The lowest BCUT2D eigenvalue weighted by molar-refractivity contribution is -0.146. The standard InChI is InChI=1S/C44H52FNO14S/c1-3-38(47)42-36-26-35(31-8-9-31)37(27-41(36)60-43(42)33-10-12-34(45)13-11-33)46(61(2,52)53)14-15-54-16-17-55-18-19-56-20-21-57-22-23-58-24-25-59-29-30-4-6-32(7-5-30)39(48)28-40(49)44(50)51/h4-7,10-13,26-28,31,48H,3,8-9,14-25,29H2,1-2H3,(H,50,51). The van der Waals surface area contributed by atoms with Crippen molar-refractivity contribution in [2.24, 2.45) is 0 Å². The van der Waals surface area contributed by atoms with Crippen molar-refractivity contribution in [3.8, 4) is 11.3 Å². The van der Waals surface area contributed by atoms with E-state index in [2.05, 4.69) is 0 Å². The number of fused-ring (bicyclic) bond motifs is 1. The first kappa shape index (κ1) is 47.0. The molecule has 15 nitrogen and oxygen atoms in total. The molecule has 61 heavy (non-hydrogen) atoms. The number of carboxylic acids is 1. The Balaban J connectivity index is 0.932. The molecule has 1 heterocycles. The number of ketones is 2. The van der Waals surface area contributed by atoms with Crippen LogP contribution in [0.1, 0.15) is 59.2 Å². The fourth-order valence-electron chi connectivity index (χ4n) is 6.29. The fourth-order valence-corrected chi connectivity index (χ4v) is 7.21. The van der Waals surface area contributed by atoms with Gasteiger partial charge in [0.25, 0.3) is 5.78 Å².